The lowest BCUT2D eigenvalue weighted by atomic mass is 10.1. The molecule has 0 aliphatic carbocycles. The molecule has 30 heavy (non-hydrogen) atoms. The van der Waals surface area contributed by atoms with Gasteiger partial charge in [-0.15, -0.1) is 0 Å². The van der Waals surface area contributed by atoms with Crippen molar-refractivity contribution in [2.45, 2.75) is 31.5 Å². The number of urea groups is 1. The Morgan fingerprint density at radius 2 is 1.93 bits per heavy atom. The highest BCUT2D eigenvalue weighted by atomic mass is 35.5. The third-order valence-corrected chi connectivity index (χ3v) is 7.40. The van der Waals surface area contributed by atoms with Gasteiger partial charge in [-0.2, -0.15) is 0 Å². The van der Waals surface area contributed by atoms with Crippen LogP contribution in [0.1, 0.15) is 18.4 Å². The first kappa shape index (κ1) is 23.6. The van der Waals surface area contributed by atoms with Crippen molar-refractivity contribution in [3.63, 3.8) is 0 Å². The molecule has 0 radical (unpaired) electrons. The fraction of sp³-hybridized carbons (Fsp3) is 0.632. The van der Waals surface area contributed by atoms with Gasteiger partial charge in [-0.3, -0.25) is 4.90 Å². The van der Waals surface area contributed by atoms with Crippen LogP contribution in [0.4, 0.5) is 4.79 Å². The lowest BCUT2D eigenvalue weighted by Crippen LogP contribution is -2.52. The van der Waals surface area contributed by atoms with E-state index in [0.717, 1.165) is 18.7 Å². The molecule has 1 aromatic carbocycles. The standard InChI is InChI=1S/C19H28Cl2N4O4S/c1-30(27,28)25-6-4-15(5-7-25)23-19(26)22-11-16-13-24(8-9-29-16)12-14-2-3-17(20)18(21)10-14/h2-3,10,15-16H,4-9,11-13H2,1H3,(H2,22,23,26). The van der Waals surface area contributed by atoms with Crippen LogP contribution in [0.2, 0.25) is 10.0 Å². The zero-order valence-electron chi connectivity index (χ0n) is 16.9. The molecule has 0 bridgehead atoms. The average molecular weight is 479 g/mol. The highest BCUT2D eigenvalue weighted by molar-refractivity contribution is 7.88. The number of carbonyl (C=O) groups excluding carboxylic acids is 1. The molecule has 2 N–H and O–H groups in total. The zero-order chi connectivity index (χ0) is 21.7. The van der Waals surface area contributed by atoms with E-state index >= 15 is 0 Å². The summed E-state index contributed by atoms with van der Waals surface area (Å²) in [5.41, 5.74) is 1.08. The first-order chi connectivity index (χ1) is 14.2. The van der Waals surface area contributed by atoms with Gasteiger partial charge in [0.1, 0.15) is 0 Å². The normalized spacial score (nSPS) is 22.0. The molecular formula is C19H28Cl2N4O4S. The SMILES string of the molecule is CS(=O)(=O)N1CCC(NC(=O)NCC2CN(Cc3ccc(Cl)c(Cl)c3)CCO2)CC1. The predicted molar refractivity (Wildman–Crippen MR) is 117 cm³/mol. The van der Waals surface area contributed by atoms with E-state index in [1.807, 2.05) is 12.1 Å². The molecule has 1 atom stereocenters. The maximum Gasteiger partial charge on any atom is 0.315 e. The van der Waals surface area contributed by atoms with Gasteiger partial charge in [-0.05, 0) is 30.5 Å². The summed E-state index contributed by atoms with van der Waals surface area (Å²) in [7, 11) is -3.17. The Kier molecular flexibility index (Phi) is 8.23. The maximum absolute atomic E-state index is 12.2. The number of piperidine rings is 1. The van der Waals surface area contributed by atoms with Crippen LogP contribution in [0.25, 0.3) is 0 Å². The summed E-state index contributed by atoms with van der Waals surface area (Å²) in [6.07, 6.45) is 2.33. The van der Waals surface area contributed by atoms with Gasteiger partial charge in [0.25, 0.3) is 0 Å². The highest BCUT2D eigenvalue weighted by Gasteiger charge is 2.26. The number of hydrogen-bond acceptors (Lipinski definition) is 5. The molecule has 2 saturated heterocycles. The number of rotatable bonds is 6. The van der Waals surface area contributed by atoms with E-state index in [1.165, 1.54) is 10.6 Å². The Bertz CT molecular complexity index is 847. The fourth-order valence-corrected chi connectivity index (χ4v) is 4.91. The minimum Gasteiger partial charge on any atom is -0.374 e. The van der Waals surface area contributed by atoms with Crippen molar-refractivity contribution < 1.29 is 17.9 Å². The third kappa shape index (κ3) is 6.96. The molecule has 0 spiro atoms. The van der Waals surface area contributed by atoms with Crippen LogP contribution >= 0.6 is 23.2 Å². The minimum atomic E-state index is -3.17. The summed E-state index contributed by atoms with van der Waals surface area (Å²) < 4.78 is 30.3. The summed E-state index contributed by atoms with van der Waals surface area (Å²) in [6.45, 7) is 4.11. The first-order valence-electron chi connectivity index (χ1n) is 9.98. The van der Waals surface area contributed by atoms with Gasteiger partial charge in [0.05, 0.1) is 29.0 Å². The van der Waals surface area contributed by atoms with Crippen molar-refractivity contribution in [3.8, 4) is 0 Å². The fourth-order valence-electron chi connectivity index (χ4n) is 3.72. The van der Waals surface area contributed by atoms with Crippen molar-refractivity contribution in [1.82, 2.24) is 19.8 Å². The largest absolute Gasteiger partial charge is 0.374 e. The molecule has 2 amide bonds. The summed E-state index contributed by atoms with van der Waals surface area (Å²) >= 11 is 12.1. The number of amides is 2. The van der Waals surface area contributed by atoms with E-state index in [0.29, 0.717) is 55.7 Å². The van der Waals surface area contributed by atoms with E-state index in [9.17, 15) is 13.2 Å². The molecule has 2 aliphatic heterocycles. The Hall–Kier alpha value is -1.10. The van der Waals surface area contributed by atoms with Gasteiger partial charge in [-0.1, -0.05) is 29.3 Å². The second-order valence-corrected chi connectivity index (χ2v) is 10.6. The molecule has 168 valence electrons. The summed E-state index contributed by atoms with van der Waals surface area (Å²) in [6, 6.07) is 5.34. The molecule has 0 aromatic heterocycles. The molecule has 8 nitrogen and oxygen atoms in total. The van der Waals surface area contributed by atoms with Crippen LogP contribution in [-0.2, 0) is 21.3 Å². The third-order valence-electron chi connectivity index (χ3n) is 5.36. The monoisotopic (exact) mass is 478 g/mol. The highest BCUT2D eigenvalue weighted by Crippen LogP contribution is 2.23. The number of hydrogen-bond donors (Lipinski definition) is 2. The Labute approximate surface area is 187 Å². The summed E-state index contributed by atoms with van der Waals surface area (Å²) in [5, 5.41) is 6.88. The number of benzene rings is 1. The maximum atomic E-state index is 12.2. The molecule has 1 unspecified atom stereocenters. The Morgan fingerprint density at radius 3 is 2.60 bits per heavy atom. The Balaban J connectivity index is 1.39. The quantitative estimate of drug-likeness (QED) is 0.651. The number of sulfonamides is 1. The van der Waals surface area contributed by atoms with Gasteiger partial charge >= 0.3 is 6.03 Å². The summed E-state index contributed by atoms with van der Waals surface area (Å²) in [5.74, 6) is 0. The first-order valence-corrected chi connectivity index (χ1v) is 12.6. The van der Waals surface area contributed by atoms with Crippen molar-refractivity contribution in [2.24, 2.45) is 0 Å². The van der Waals surface area contributed by atoms with Crippen LogP contribution in [-0.4, -0.2) is 81.4 Å². The van der Waals surface area contributed by atoms with E-state index in [2.05, 4.69) is 15.5 Å². The second kappa shape index (κ2) is 10.5. The van der Waals surface area contributed by atoms with Crippen LogP contribution in [0.3, 0.4) is 0 Å². The lowest BCUT2D eigenvalue weighted by Gasteiger charge is -2.33. The smallest absolute Gasteiger partial charge is 0.315 e. The molecule has 1 aromatic rings. The topological polar surface area (TPSA) is 91.0 Å². The molecule has 2 fully saturated rings. The van der Waals surface area contributed by atoms with Crippen molar-refractivity contribution in [2.75, 3.05) is 45.6 Å². The average Bonchev–Trinajstić information content (AvgIpc) is 2.69. The summed E-state index contributed by atoms with van der Waals surface area (Å²) in [4.78, 5) is 14.5. The van der Waals surface area contributed by atoms with Crippen molar-refractivity contribution >= 4 is 39.3 Å². The molecule has 2 aliphatic rings. The molecule has 3 rings (SSSR count). The predicted octanol–water partition coefficient (Wildman–Crippen LogP) is 1.92. The molecular weight excluding hydrogens is 451 g/mol. The number of morpholine rings is 1. The molecule has 0 saturated carbocycles. The van der Waals surface area contributed by atoms with Crippen LogP contribution in [0.5, 0.6) is 0 Å². The van der Waals surface area contributed by atoms with E-state index in [1.54, 1.807) is 6.07 Å². The number of nitrogens with zero attached hydrogens (tertiary/aromatic N) is 2. The number of carbonyl (C=O) groups is 1. The van der Waals surface area contributed by atoms with Gasteiger partial charge in [-0.25, -0.2) is 17.5 Å². The Morgan fingerprint density at radius 1 is 1.20 bits per heavy atom. The van der Waals surface area contributed by atoms with Gasteiger partial charge in [0, 0.05) is 45.3 Å². The van der Waals surface area contributed by atoms with Gasteiger partial charge < -0.3 is 15.4 Å². The van der Waals surface area contributed by atoms with Crippen LogP contribution in [0.15, 0.2) is 18.2 Å². The van der Waals surface area contributed by atoms with E-state index in [4.69, 9.17) is 27.9 Å². The number of ether oxygens (including phenoxy) is 1. The number of nitrogens with one attached hydrogen (secondary N) is 2. The van der Waals surface area contributed by atoms with Crippen LogP contribution < -0.4 is 10.6 Å². The zero-order valence-corrected chi connectivity index (χ0v) is 19.3. The van der Waals surface area contributed by atoms with Gasteiger partial charge in [0.15, 0.2) is 0 Å². The van der Waals surface area contributed by atoms with Crippen molar-refractivity contribution in [1.29, 1.82) is 0 Å². The molecule has 2 heterocycles. The van der Waals surface area contributed by atoms with Gasteiger partial charge in [0.2, 0.25) is 10.0 Å². The van der Waals surface area contributed by atoms with E-state index < -0.39 is 10.0 Å². The van der Waals surface area contributed by atoms with E-state index in [-0.39, 0.29) is 18.2 Å². The second-order valence-electron chi connectivity index (χ2n) is 7.77. The van der Waals surface area contributed by atoms with Crippen molar-refractivity contribution in [3.05, 3.63) is 33.8 Å². The molecule has 11 heteroatoms. The minimum absolute atomic E-state index is 0.0265. The number of halogens is 2. The lowest BCUT2D eigenvalue weighted by molar-refractivity contribution is -0.0287. The van der Waals surface area contributed by atoms with Crippen LogP contribution in [0, 0.1) is 0 Å².